The first-order valence-corrected chi connectivity index (χ1v) is 47.8. The number of rotatable bonds is 59. The quantitative estimate of drug-likeness (QED) is 0.0357. The lowest BCUT2D eigenvalue weighted by Gasteiger charge is -2.17. The minimum Gasteiger partial charge on any atom is -0.222 e. The molecule has 0 radical (unpaired) electrons. The van der Waals surface area contributed by atoms with Crippen molar-refractivity contribution < 1.29 is 0 Å². The van der Waals surface area contributed by atoms with E-state index in [-0.39, 0.29) is 0 Å². The van der Waals surface area contributed by atoms with Crippen LogP contribution in [0.1, 0.15) is 382 Å². The highest BCUT2D eigenvalue weighted by atomic mass is 32.1. The van der Waals surface area contributed by atoms with Crippen LogP contribution in [0.4, 0.5) is 0 Å². The molecule has 8 rings (SSSR count). The summed E-state index contributed by atoms with van der Waals surface area (Å²) in [5.41, 5.74) is 6.04. The molecule has 2 unspecified atom stereocenters. The minimum absolute atomic E-state index is 0.685. The first-order chi connectivity index (χ1) is 48.2. The van der Waals surface area contributed by atoms with E-state index in [0.717, 1.165) is 54.5 Å². The zero-order valence-electron chi connectivity index (χ0n) is 63.3. The lowest BCUT2D eigenvalue weighted by Crippen LogP contribution is -2.06. The molecule has 0 N–H and O–H groups in total. The Balaban J connectivity index is 1.07. The van der Waals surface area contributed by atoms with Gasteiger partial charge in [0.2, 0.25) is 0 Å². The fourth-order valence-corrected chi connectivity index (χ4v) is 24.2. The van der Waals surface area contributed by atoms with Gasteiger partial charge in [-0.3, -0.25) is 0 Å². The number of thiazole rings is 4. The summed E-state index contributed by atoms with van der Waals surface area (Å²) in [6.07, 6.45) is 70.5. The molecule has 546 valence electrons. The maximum Gasteiger partial charge on any atom is 0.155 e. The van der Waals surface area contributed by atoms with Gasteiger partial charge in [-0.15, -0.1) is 45.3 Å². The summed E-state index contributed by atoms with van der Waals surface area (Å²) >= 11 is 15.3. The predicted molar refractivity (Wildman–Crippen MR) is 450 cm³/mol. The normalized spacial score (nSPS) is 12.7. The zero-order chi connectivity index (χ0) is 68.8. The highest BCUT2D eigenvalue weighted by Gasteiger charge is 2.27. The third-order valence-electron chi connectivity index (χ3n) is 20.9. The second-order valence-corrected chi connectivity index (χ2v) is 38.4. The Morgan fingerprint density at radius 2 is 0.469 bits per heavy atom. The molecule has 8 aromatic rings. The van der Waals surface area contributed by atoms with E-state index in [2.05, 4.69) is 79.7 Å². The summed E-state index contributed by atoms with van der Waals surface area (Å²) in [6, 6.07) is 10.2. The number of unbranched alkanes of at least 4 members (excludes halogenated alkanes) is 38. The number of fused-ring (bicyclic) bond motifs is 2. The molecule has 0 fully saturated rings. The van der Waals surface area contributed by atoms with Crippen molar-refractivity contribution in [2.45, 2.75) is 389 Å². The molecule has 98 heavy (non-hydrogen) atoms. The molecule has 0 saturated carbocycles. The van der Waals surface area contributed by atoms with Gasteiger partial charge in [0.15, 0.2) is 19.3 Å². The SMILES string of the molecule is CCCCCCCCCCCCC(CCCCCCCCCC)Cc1cc(C)sc1-c1nc2sc(-c3sc(-c4cc(CCCCCC)c(-c5nc6sc(-c7sc(C)cc7CCCCCC)nc6s5)s4)cc3CC(CCCCCCCCCC)CCCCCCCCCCCC)nc2s1. The van der Waals surface area contributed by atoms with Crippen LogP contribution in [0.15, 0.2) is 24.3 Å². The van der Waals surface area contributed by atoms with Gasteiger partial charge in [-0.25, -0.2) is 19.9 Å². The summed E-state index contributed by atoms with van der Waals surface area (Å²) in [5, 5.41) is 4.71. The molecule has 0 aliphatic carbocycles. The molecule has 4 nitrogen and oxygen atoms in total. The van der Waals surface area contributed by atoms with Crippen molar-refractivity contribution in [2.24, 2.45) is 11.8 Å². The Bertz CT molecular complexity index is 3290. The van der Waals surface area contributed by atoms with Gasteiger partial charge in [-0.05, 0) is 111 Å². The summed E-state index contributed by atoms with van der Waals surface area (Å²) in [7, 11) is 0. The van der Waals surface area contributed by atoms with Crippen LogP contribution < -0.4 is 0 Å². The largest absolute Gasteiger partial charge is 0.222 e. The van der Waals surface area contributed by atoms with Gasteiger partial charge in [0.1, 0.15) is 20.0 Å². The smallest absolute Gasteiger partial charge is 0.155 e. The standard InChI is InChI=1S/C86H134N4S8/c1-9-15-21-27-31-35-37-41-45-48-54-67(53-47-43-39-33-29-23-17-11-3)61-71-60-66(8)92-77(71)81-89-85-86(97-81)90-82(98-85)78-72(62-68(55-49-44-40-34-30-24-18-12-4)56-50-46-42-38-36-32-28-22-16-10-2)64-74(94-78)73-63-70(58-52-26-20-14-6)76(93-73)80-88-84-83(96-80)87-79(95-84)75-69(59-65(7)91-75)57-51-25-19-13-5/h59-60,63-64,67-68H,9-58,61-62H2,1-8H3. The van der Waals surface area contributed by atoms with E-state index in [9.17, 15) is 0 Å². The molecule has 0 aromatic carbocycles. The lowest BCUT2D eigenvalue weighted by molar-refractivity contribution is 0.400. The zero-order valence-corrected chi connectivity index (χ0v) is 69.8. The molecule has 2 atom stereocenters. The van der Waals surface area contributed by atoms with Crippen LogP contribution >= 0.6 is 90.7 Å². The Morgan fingerprint density at radius 3 is 0.786 bits per heavy atom. The predicted octanol–water partition coefficient (Wildman–Crippen LogP) is 33.3. The molecular formula is C86H134N4S8. The first-order valence-electron chi connectivity index (χ1n) is 41.2. The van der Waals surface area contributed by atoms with Crippen LogP contribution in [0.2, 0.25) is 0 Å². The molecule has 0 aliphatic heterocycles. The van der Waals surface area contributed by atoms with Gasteiger partial charge >= 0.3 is 0 Å². The van der Waals surface area contributed by atoms with E-state index in [1.54, 1.807) is 5.56 Å². The van der Waals surface area contributed by atoms with Gasteiger partial charge in [-0.2, -0.15) is 0 Å². The number of thiophene rings is 4. The van der Waals surface area contributed by atoms with E-state index in [4.69, 9.17) is 19.9 Å². The van der Waals surface area contributed by atoms with Crippen LogP contribution in [0, 0.1) is 25.7 Å². The van der Waals surface area contributed by atoms with Crippen LogP contribution in [0.25, 0.3) is 68.6 Å². The topological polar surface area (TPSA) is 51.6 Å². The van der Waals surface area contributed by atoms with Gasteiger partial charge < -0.3 is 0 Å². The second-order valence-electron chi connectivity index (χ2n) is 29.9. The Labute approximate surface area is 631 Å². The summed E-state index contributed by atoms with van der Waals surface area (Å²) in [4.78, 5) is 37.9. The molecule has 0 amide bonds. The average Bonchev–Trinajstić information content (AvgIpc) is 1.62. The maximum atomic E-state index is 5.70. The van der Waals surface area contributed by atoms with Gasteiger partial charge in [0.05, 0.1) is 19.5 Å². The molecule has 12 heteroatoms. The fourth-order valence-electron chi connectivity index (χ4n) is 15.1. The summed E-state index contributed by atoms with van der Waals surface area (Å²) in [5.74, 6) is 1.43. The number of aryl methyl sites for hydroxylation is 4. The van der Waals surface area contributed by atoms with E-state index < -0.39 is 0 Å². The van der Waals surface area contributed by atoms with Gasteiger partial charge in [0, 0.05) is 19.5 Å². The minimum atomic E-state index is 0.685. The van der Waals surface area contributed by atoms with E-state index >= 15 is 0 Å². The van der Waals surface area contributed by atoms with Crippen molar-refractivity contribution in [3.8, 4) is 49.3 Å². The highest BCUT2D eigenvalue weighted by Crippen LogP contribution is 2.50. The highest BCUT2D eigenvalue weighted by molar-refractivity contribution is 7.34. The van der Waals surface area contributed by atoms with E-state index in [1.807, 2.05) is 90.7 Å². The van der Waals surface area contributed by atoms with Crippen molar-refractivity contribution in [3.63, 3.8) is 0 Å². The van der Waals surface area contributed by atoms with Crippen LogP contribution in [-0.2, 0) is 25.7 Å². The van der Waals surface area contributed by atoms with Crippen LogP contribution in [0.3, 0.4) is 0 Å². The summed E-state index contributed by atoms with van der Waals surface area (Å²) in [6.45, 7) is 18.6. The molecule has 0 spiro atoms. The van der Waals surface area contributed by atoms with Crippen molar-refractivity contribution in [3.05, 3.63) is 56.3 Å². The average molecular weight is 1480 g/mol. The Morgan fingerprint density at radius 1 is 0.245 bits per heavy atom. The number of hydrogen-bond acceptors (Lipinski definition) is 12. The van der Waals surface area contributed by atoms with Crippen molar-refractivity contribution in [1.82, 2.24) is 19.9 Å². The number of aromatic nitrogens is 4. The van der Waals surface area contributed by atoms with Crippen molar-refractivity contribution >= 4 is 110 Å². The van der Waals surface area contributed by atoms with Crippen molar-refractivity contribution in [1.29, 1.82) is 0 Å². The molecule has 0 saturated heterocycles. The maximum absolute atomic E-state index is 5.70. The Hall–Kier alpha value is -2.16. The fraction of sp³-hybridized carbons (Fsp3) is 0.721. The van der Waals surface area contributed by atoms with Crippen LogP contribution in [-0.4, -0.2) is 19.9 Å². The number of nitrogens with zero attached hydrogens (tertiary/aromatic N) is 4. The molecule has 8 heterocycles. The van der Waals surface area contributed by atoms with Crippen LogP contribution in [0.5, 0.6) is 0 Å². The Kier molecular flexibility index (Phi) is 40.0. The monoisotopic (exact) mass is 1480 g/mol. The molecule has 0 aliphatic rings. The number of hydrogen-bond donors (Lipinski definition) is 0. The van der Waals surface area contributed by atoms with Gasteiger partial charge in [-0.1, -0.05) is 382 Å². The second kappa shape index (κ2) is 48.0. The molecular weight excluding hydrogens is 1350 g/mol. The third kappa shape index (κ3) is 28.0. The molecule has 0 bridgehead atoms. The summed E-state index contributed by atoms with van der Waals surface area (Å²) < 4.78 is 0. The van der Waals surface area contributed by atoms with E-state index in [0.29, 0.717) is 5.92 Å². The lowest BCUT2D eigenvalue weighted by atomic mass is 9.88. The molecule has 8 aromatic heterocycles. The first kappa shape index (κ1) is 81.5. The van der Waals surface area contributed by atoms with Crippen molar-refractivity contribution in [2.75, 3.05) is 0 Å². The van der Waals surface area contributed by atoms with Gasteiger partial charge in [0.25, 0.3) is 0 Å². The van der Waals surface area contributed by atoms with E-state index in [1.165, 1.54) is 380 Å². The third-order valence-corrected chi connectivity index (χ3v) is 30.3.